The van der Waals surface area contributed by atoms with E-state index in [-0.39, 0.29) is 24.1 Å². The largest absolute Gasteiger partial charge is 0.460 e. The summed E-state index contributed by atoms with van der Waals surface area (Å²) in [5.74, 6) is -0.240. The van der Waals surface area contributed by atoms with Crippen molar-refractivity contribution in [1.29, 1.82) is 0 Å². The second-order valence-corrected chi connectivity index (χ2v) is 7.78. The number of rotatable bonds is 5. The minimum absolute atomic E-state index is 0.136. The minimum Gasteiger partial charge on any atom is -0.460 e. The lowest BCUT2D eigenvalue weighted by molar-refractivity contribution is -0.155. The molecule has 3 heteroatoms. The Labute approximate surface area is 134 Å². The van der Waals surface area contributed by atoms with Crippen LogP contribution in [0.2, 0.25) is 0 Å². The number of carbonyl (C=O) groups excluding carboxylic acids is 2. The van der Waals surface area contributed by atoms with E-state index in [1.54, 1.807) is 0 Å². The van der Waals surface area contributed by atoms with Gasteiger partial charge in [0.25, 0.3) is 0 Å². The van der Waals surface area contributed by atoms with E-state index >= 15 is 0 Å². The average Bonchev–Trinajstić information content (AvgIpc) is 2.35. The fourth-order valence-corrected chi connectivity index (χ4v) is 2.15. The van der Waals surface area contributed by atoms with E-state index in [1.165, 1.54) is 0 Å². The molecule has 122 valence electrons. The Morgan fingerprint density at radius 1 is 0.955 bits per heavy atom. The number of hydrogen-bond acceptors (Lipinski definition) is 3. The highest BCUT2D eigenvalue weighted by Gasteiger charge is 2.28. The van der Waals surface area contributed by atoms with E-state index in [9.17, 15) is 9.59 Å². The Kier molecular flexibility index (Phi) is 5.92. The van der Waals surface area contributed by atoms with Crippen molar-refractivity contribution in [2.75, 3.05) is 0 Å². The number of ether oxygens (including phenoxy) is 1. The summed E-state index contributed by atoms with van der Waals surface area (Å²) in [6.07, 6.45) is 0.579. The van der Waals surface area contributed by atoms with Crippen LogP contribution < -0.4 is 0 Å². The van der Waals surface area contributed by atoms with Gasteiger partial charge in [0.2, 0.25) is 0 Å². The highest BCUT2D eigenvalue weighted by Crippen LogP contribution is 2.29. The summed E-state index contributed by atoms with van der Waals surface area (Å²) in [6.45, 7) is 11.3. The first-order valence-corrected chi connectivity index (χ1v) is 7.79. The van der Waals surface area contributed by atoms with E-state index < -0.39 is 11.0 Å². The van der Waals surface area contributed by atoms with Crippen molar-refractivity contribution in [3.63, 3.8) is 0 Å². The predicted octanol–water partition coefficient (Wildman–Crippen LogP) is 4.51. The average molecular weight is 304 g/mol. The molecule has 0 aliphatic heterocycles. The minimum atomic E-state index is -0.508. The van der Waals surface area contributed by atoms with Gasteiger partial charge in [-0.3, -0.25) is 9.59 Å². The smallest absolute Gasteiger partial charge is 0.306 e. The number of esters is 1. The molecular weight excluding hydrogens is 276 g/mol. The summed E-state index contributed by atoms with van der Waals surface area (Å²) >= 11 is 0. The van der Waals surface area contributed by atoms with Gasteiger partial charge in [-0.15, -0.1) is 0 Å². The second-order valence-electron chi connectivity index (χ2n) is 7.78. The van der Waals surface area contributed by atoms with Crippen molar-refractivity contribution in [1.82, 2.24) is 0 Å². The third kappa shape index (κ3) is 6.42. The van der Waals surface area contributed by atoms with Gasteiger partial charge in [-0.25, -0.2) is 0 Å². The van der Waals surface area contributed by atoms with E-state index in [4.69, 9.17) is 4.74 Å². The van der Waals surface area contributed by atoms with Crippen LogP contribution in [0.3, 0.4) is 0 Å². The molecule has 0 N–H and O–H groups in total. The lowest BCUT2D eigenvalue weighted by atomic mass is 9.82. The third-order valence-electron chi connectivity index (χ3n) is 3.37. The maximum absolute atomic E-state index is 12.4. The normalized spacial score (nSPS) is 13.5. The number of hydrogen-bond donors (Lipinski definition) is 0. The van der Waals surface area contributed by atoms with Crippen LogP contribution in [0, 0.1) is 5.41 Å². The number of ketones is 1. The monoisotopic (exact) mass is 304 g/mol. The summed E-state index contributed by atoms with van der Waals surface area (Å²) in [5, 5.41) is 0. The van der Waals surface area contributed by atoms with Gasteiger partial charge in [0, 0.05) is 17.8 Å². The summed E-state index contributed by atoms with van der Waals surface area (Å²) in [4.78, 5) is 24.5. The molecule has 22 heavy (non-hydrogen) atoms. The van der Waals surface area contributed by atoms with Crippen LogP contribution in [-0.4, -0.2) is 17.4 Å². The molecule has 0 aliphatic rings. The molecule has 0 amide bonds. The van der Waals surface area contributed by atoms with Gasteiger partial charge >= 0.3 is 5.97 Å². The molecule has 1 rings (SSSR count). The Balaban J connectivity index is 2.89. The van der Waals surface area contributed by atoms with Crippen LogP contribution in [0.1, 0.15) is 65.9 Å². The Bertz CT molecular complexity index is 504. The van der Waals surface area contributed by atoms with Gasteiger partial charge in [0.15, 0.2) is 0 Å². The van der Waals surface area contributed by atoms with Crippen LogP contribution in [-0.2, 0) is 14.3 Å². The van der Waals surface area contributed by atoms with Crippen molar-refractivity contribution >= 4 is 11.8 Å². The predicted molar refractivity (Wildman–Crippen MR) is 88.7 cm³/mol. The number of Topliss-reactive ketones (excluding diaryl/α,β-unsaturated/α-hetero) is 1. The molecule has 0 aromatic heterocycles. The molecule has 0 saturated carbocycles. The molecule has 0 spiro atoms. The zero-order chi connectivity index (χ0) is 17.0. The van der Waals surface area contributed by atoms with E-state index in [0.717, 1.165) is 5.56 Å². The lowest BCUT2D eigenvalue weighted by Gasteiger charge is -2.24. The molecule has 1 aromatic rings. The molecule has 1 aromatic carbocycles. The Morgan fingerprint density at radius 3 is 1.95 bits per heavy atom. The van der Waals surface area contributed by atoms with Crippen LogP contribution >= 0.6 is 0 Å². The lowest BCUT2D eigenvalue weighted by Crippen LogP contribution is -2.27. The topological polar surface area (TPSA) is 43.4 Å². The molecule has 3 nitrogen and oxygen atoms in total. The van der Waals surface area contributed by atoms with Crippen molar-refractivity contribution in [3.8, 4) is 0 Å². The number of benzene rings is 1. The molecule has 0 fully saturated rings. The van der Waals surface area contributed by atoms with Crippen molar-refractivity contribution in [2.45, 2.75) is 65.9 Å². The summed E-state index contributed by atoms with van der Waals surface area (Å²) in [7, 11) is 0. The second kappa shape index (κ2) is 7.08. The standard InChI is InChI=1S/C19H28O3/c1-18(2,3)16(20)12-15(14-10-8-7-9-11-14)13-17(21)22-19(4,5)6/h7-11,15H,12-13H2,1-6H3. The van der Waals surface area contributed by atoms with Crippen molar-refractivity contribution < 1.29 is 14.3 Å². The van der Waals surface area contributed by atoms with Gasteiger partial charge in [-0.05, 0) is 26.3 Å². The number of carbonyl (C=O) groups is 2. The highest BCUT2D eigenvalue weighted by molar-refractivity contribution is 5.85. The fourth-order valence-electron chi connectivity index (χ4n) is 2.15. The van der Waals surface area contributed by atoms with Crippen LogP contribution in [0.15, 0.2) is 30.3 Å². The van der Waals surface area contributed by atoms with Crippen LogP contribution in [0.5, 0.6) is 0 Å². The summed E-state index contributed by atoms with van der Waals surface area (Å²) < 4.78 is 5.41. The van der Waals surface area contributed by atoms with Crippen LogP contribution in [0.4, 0.5) is 0 Å². The van der Waals surface area contributed by atoms with E-state index in [2.05, 4.69) is 0 Å². The first-order chi connectivity index (χ1) is 9.99. The fraction of sp³-hybridized carbons (Fsp3) is 0.579. The van der Waals surface area contributed by atoms with Crippen LogP contribution in [0.25, 0.3) is 0 Å². The molecule has 0 radical (unpaired) electrons. The maximum Gasteiger partial charge on any atom is 0.306 e. The zero-order valence-electron chi connectivity index (χ0n) is 14.6. The highest BCUT2D eigenvalue weighted by atomic mass is 16.6. The quantitative estimate of drug-likeness (QED) is 0.752. The SMILES string of the molecule is CC(C)(C)OC(=O)CC(CC(=O)C(C)(C)C)c1ccccc1. The first-order valence-electron chi connectivity index (χ1n) is 7.79. The van der Waals surface area contributed by atoms with E-state index in [0.29, 0.717) is 6.42 Å². The first kappa shape index (κ1) is 18.4. The third-order valence-corrected chi connectivity index (χ3v) is 3.37. The maximum atomic E-state index is 12.4. The summed E-state index contributed by atoms with van der Waals surface area (Å²) in [5.41, 5.74) is 0.0961. The summed E-state index contributed by atoms with van der Waals surface area (Å²) in [6, 6.07) is 9.72. The van der Waals surface area contributed by atoms with Gasteiger partial charge in [-0.2, -0.15) is 0 Å². The van der Waals surface area contributed by atoms with Gasteiger partial charge in [0.05, 0.1) is 6.42 Å². The molecular formula is C19H28O3. The van der Waals surface area contributed by atoms with E-state index in [1.807, 2.05) is 71.9 Å². The molecule has 0 bridgehead atoms. The molecule has 0 aliphatic carbocycles. The van der Waals surface area contributed by atoms with Gasteiger partial charge in [0.1, 0.15) is 11.4 Å². The molecule has 1 unspecified atom stereocenters. The molecule has 0 saturated heterocycles. The van der Waals surface area contributed by atoms with Gasteiger partial charge < -0.3 is 4.74 Å². The molecule has 0 heterocycles. The van der Waals surface area contributed by atoms with Crippen molar-refractivity contribution in [3.05, 3.63) is 35.9 Å². The molecule has 1 atom stereocenters. The van der Waals surface area contributed by atoms with Gasteiger partial charge in [-0.1, -0.05) is 51.1 Å². The van der Waals surface area contributed by atoms with Crippen molar-refractivity contribution in [2.24, 2.45) is 5.41 Å². The Hall–Kier alpha value is -1.64. The zero-order valence-corrected chi connectivity index (χ0v) is 14.6. The Morgan fingerprint density at radius 2 is 1.50 bits per heavy atom.